The fourth-order valence-corrected chi connectivity index (χ4v) is 3.57. The summed E-state index contributed by atoms with van der Waals surface area (Å²) in [7, 11) is -3.21. The highest BCUT2D eigenvalue weighted by Gasteiger charge is 2.22. The molecule has 1 rings (SSSR count). The lowest BCUT2D eigenvalue weighted by Crippen LogP contribution is -2.49. The normalized spacial score (nSPS) is 12.9. The Labute approximate surface area is 129 Å². The third-order valence-corrected chi connectivity index (χ3v) is 4.73. The van der Waals surface area contributed by atoms with Crippen LogP contribution < -0.4 is 10.0 Å². The molecule has 0 aliphatic carbocycles. The molecule has 8 heteroatoms. The Morgan fingerprint density at radius 2 is 2.00 bits per heavy atom. The van der Waals surface area contributed by atoms with E-state index in [0.717, 1.165) is 22.4 Å². The van der Waals surface area contributed by atoms with Crippen molar-refractivity contribution in [3.8, 4) is 0 Å². The van der Waals surface area contributed by atoms with Gasteiger partial charge < -0.3 is 5.32 Å². The summed E-state index contributed by atoms with van der Waals surface area (Å²) in [6.07, 6.45) is 1.17. The number of aromatic nitrogens is 2. The second kappa shape index (κ2) is 6.55. The summed E-state index contributed by atoms with van der Waals surface area (Å²) in [5, 5.41) is 7.70. The average Bonchev–Trinajstić information content (AvgIpc) is 2.53. The van der Waals surface area contributed by atoms with E-state index in [9.17, 15) is 8.42 Å². The van der Waals surface area contributed by atoms with Gasteiger partial charge in [-0.1, -0.05) is 0 Å². The van der Waals surface area contributed by atoms with Gasteiger partial charge in [-0.15, -0.1) is 0 Å². The van der Waals surface area contributed by atoms with Crippen LogP contribution in [-0.2, 0) is 23.1 Å². The van der Waals surface area contributed by atoms with Crippen molar-refractivity contribution >= 4 is 26.0 Å². The summed E-state index contributed by atoms with van der Waals surface area (Å²) in [5.74, 6) is 0. The molecule has 0 fully saturated rings. The van der Waals surface area contributed by atoms with Crippen LogP contribution in [-0.4, -0.2) is 36.5 Å². The molecule has 6 nitrogen and oxygen atoms in total. The maximum absolute atomic E-state index is 11.3. The van der Waals surface area contributed by atoms with Crippen LogP contribution in [0.15, 0.2) is 4.47 Å². The number of hydrogen-bond donors (Lipinski definition) is 2. The molecule has 116 valence electrons. The Morgan fingerprint density at radius 3 is 2.50 bits per heavy atom. The van der Waals surface area contributed by atoms with E-state index in [4.69, 9.17) is 0 Å². The molecule has 2 N–H and O–H groups in total. The largest absolute Gasteiger partial charge is 0.309 e. The maximum Gasteiger partial charge on any atom is 0.209 e. The third kappa shape index (κ3) is 5.16. The van der Waals surface area contributed by atoms with Crippen molar-refractivity contribution in [2.24, 2.45) is 0 Å². The SMILES string of the molecule is CCn1nc(C)c(Br)c1CNCC(C)(C)NS(C)(=O)=O. The van der Waals surface area contributed by atoms with Crippen molar-refractivity contribution < 1.29 is 8.42 Å². The standard InChI is InChI=1S/C12H23BrN4O2S/c1-6-17-10(11(13)9(2)15-17)7-14-8-12(3,4)16-20(5,18)19/h14,16H,6-8H2,1-5H3. The molecule has 1 aromatic heterocycles. The molecule has 0 saturated carbocycles. The minimum absolute atomic E-state index is 0.528. The zero-order chi connectivity index (χ0) is 15.6. The topological polar surface area (TPSA) is 76.0 Å². The smallest absolute Gasteiger partial charge is 0.209 e. The molecule has 0 bridgehead atoms. The molecule has 1 aromatic rings. The molecule has 0 aromatic carbocycles. The summed E-state index contributed by atoms with van der Waals surface area (Å²) < 4.78 is 28.1. The fraction of sp³-hybridized carbons (Fsp3) is 0.750. The van der Waals surface area contributed by atoms with E-state index in [1.54, 1.807) is 0 Å². The van der Waals surface area contributed by atoms with Crippen molar-refractivity contribution in [3.05, 3.63) is 15.9 Å². The number of nitrogens with zero attached hydrogens (tertiary/aromatic N) is 2. The fourth-order valence-electron chi connectivity index (χ4n) is 2.07. The molecular weight excluding hydrogens is 344 g/mol. The van der Waals surface area contributed by atoms with Crippen molar-refractivity contribution in [2.45, 2.75) is 46.3 Å². The minimum atomic E-state index is -3.21. The Balaban J connectivity index is 2.65. The van der Waals surface area contributed by atoms with E-state index in [-0.39, 0.29) is 0 Å². The van der Waals surface area contributed by atoms with Gasteiger partial charge in [-0.05, 0) is 43.6 Å². The molecule has 0 aliphatic rings. The summed E-state index contributed by atoms with van der Waals surface area (Å²) in [4.78, 5) is 0. The van der Waals surface area contributed by atoms with Crippen LogP contribution in [0.5, 0.6) is 0 Å². The van der Waals surface area contributed by atoms with Crippen LogP contribution in [0.25, 0.3) is 0 Å². The van der Waals surface area contributed by atoms with Gasteiger partial charge >= 0.3 is 0 Å². The van der Waals surface area contributed by atoms with Crippen LogP contribution in [0.2, 0.25) is 0 Å². The van der Waals surface area contributed by atoms with Crippen molar-refractivity contribution in [1.82, 2.24) is 19.8 Å². The van der Waals surface area contributed by atoms with Crippen LogP contribution in [0, 0.1) is 6.92 Å². The summed E-state index contributed by atoms with van der Waals surface area (Å²) in [6.45, 7) is 9.64. The number of nitrogens with one attached hydrogen (secondary N) is 2. The number of hydrogen-bond acceptors (Lipinski definition) is 4. The lowest BCUT2D eigenvalue weighted by atomic mass is 10.1. The van der Waals surface area contributed by atoms with E-state index >= 15 is 0 Å². The van der Waals surface area contributed by atoms with Crippen molar-refractivity contribution in [2.75, 3.05) is 12.8 Å². The van der Waals surface area contributed by atoms with Gasteiger partial charge in [-0.2, -0.15) is 5.10 Å². The van der Waals surface area contributed by atoms with Gasteiger partial charge in [0.25, 0.3) is 0 Å². The minimum Gasteiger partial charge on any atom is -0.309 e. The molecule has 0 radical (unpaired) electrons. The molecule has 0 aliphatic heterocycles. The molecule has 20 heavy (non-hydrogen) atoms. The first kappa shape index (κ1) is 17.6. The number of aryl methyl sites for hydroxylation is 2. The first-order valence-corrected chi connectivity index (χ1v) is 9.15. The molecular formula is C12H23BrN4O2S. The van der Waals surface area contributed by atoms with E-state index in [1.165, 1.54) is 6.26 Å². The first-order chi connectivity index (χ1) is 9.06. The van der Waals surface area contributed by atoms with Crippen LogP contribution in [0.4, 0.5) is 0 Å². The Bertz CT molecular complexity index is 566. The van der Waals surface area contributed by atoms with E-state index < -0.39 is 15.6 Å². The van der Waals surface area contributed by atoms with Gasteiger partial charge in [-0.3, -0.25) is 4.68 Å². The van der Waals surface area contributed by atoms with Gasteiger partial charge in [0.1, 0.15) is 0 Å². The van der Waals surface area contributed by atoms with Gasteiger partial charge in [0.05, 0.1) is 22.1 Å². The average molecular weight is 367 g/mol. The van der Waals surface area contributed by atoms with Gasteiger partial charge in [0.2, 0.25) is 10.0 Å². The number of halogens is 1. The molecule has 0 unspecified atom stereocenters. The second-order valence-electron chi connectivity index (χ2n) is 5.52. The predicted molar refractivity (Wildman–Crippen MR) is 84.1 cm³/mol. The first-order valence-electron chi connectivity index (χ1n) is 6.47. The quantitative estimate of drug-likeness (QED) is 0.764. The lowest BCUT2D eigenvalue weighted by Gasteiger charge is -2.25. The van der Waals surface area contributed by atoms with Gasteiger partial charge in [0, 0.05) is 25.2 Å². The third-order valence-electron chi connectivity index (χ3n) is 2.77. The van der Waals surface area contributed by atoms with E-state index in [0.29, 0.717) is 13.1 Å². The zero-order valence-electron chi connectivity index (χ0n) is 12.6. The highest BCUT2D eigenvalue weighted by atomic mass is 79.9. The van der Waals surface area contributed by atoms with Gasteiger partial charge in [-0.25, -0.2) is 13.1 Å². The monoisotopic (exact) mass is 366 g/mol. The molecule has 0 spiro atoms. The Hall–Kier alpha value is -0.440. The highest BCUT2D eigenvalue weighted by molar-refractivity contribution is 9.10. The van der Waals surface area contributed by atoms with Crippen molar-refractivity contribution in [1.29, 1.82) is 0 Å². The zero-order valence-corrected chi connectivity index (χ0v) is 15.0. The molecule has 0 atom stereocenters. The molecule has 0 amide bonds. The Kier molecular flexibility index (Phi) is 5.77. The second-order valence-corrected chi connectivity index (χ2v) is 8.06. The molecule has 0 saturated heterocycles. The maximum atomic E-state index is 11.3. The van der Waals surface area contributed by atoms with E-state index in [1.807, 2.05) is 32.4 Å². The summed E-state index contributed by atoms with van der Waals surface area (Å²) >= 11 is 3.54. The van der Waals surface area contributed by atoms with Crippen LogP contribution in [0.1, 0.15) is 32.2 Å². The molecule has 1 heterocycles. The lowest BCUT2D eigenvalue weighted by molar-refractivity contribution is 0.416. The van der Waals surface area contributed by atoms with Crippen LogP contribution in [0.3, 0.4) is 0 Å². The highest BCUT2D eigenvalue weighted by Crippen LogP contribution is 2.20. The Morgan fingerprint density at radius 1 is 1.40 bits per heavy atom. The predicted octanol–water partition coefficient (Wildman–Crippen LogP) is 1.39. The number of rotatable bonds is 7. The number of sulfonamides is 1. The summed E-state index contributed by atoms with van der Waals surface area (Å²) in [5.41, 5.74) is 1.49. The summed E-state index contributed by atoms with van der Waals surface area (Å²) in [6, 6.07) is 0. The van der Waals surface area contributed by atoms with E-state index in [2.05, 4.69) is 31.1 Å². The van der Waals surface area contributed by atoms with Gasteiger partial charge in [0.15, 0.2) is 0 Å². The van der Waals surface area contributed by atoms with Crippen molar-refractivity contribution in [3.63, 3.8) is 0 Å². The van der Waals surface area contributed by atoms with Crippen LogP contribution >= 0.6 is 15.9 Å².